The molecule has 38 heavy (non-hydrogen) atoms. The largest absolute Gasteiger partial charge is 0.507 e. The lowest BCUT2D eigenvalue weighted by atomic mass is 9.94. The SMILES string of the molecule is Cc1cc(C)c(O)c(-c2n[nH]c3c2C(c2ccc(OCc4ccccc4)cc2)N(Cc2ccco2)C3=O)c1. The average Bonchev–Trinajstić information content (AvgIpc) is 3.65. The van der Waals surface area contributed by atoms with E-state index in [1.54, 1.807) is 11.2 Å². The highest BCUT2D eigenvalue weighted by molar-refractivity contribution is 6.00. The first kappa shape index (κ1) is 23.6. The molecule has 0 fully saturated rings. The maximum absolute atomic E-state index is 13.6. The number of phenols is 1. The van der Waals surface area contributed by atoms with Gasteiger partial charge in [0.25, 0.3) is 5.91 Å². The number of H-pyrrole nitrogens is 1. The van der Waals surface area contributed by atoms with Crippen LogP contribution in [-0.2, 0) is 13.2 Å². The number of carbonyl (C=O) groups is 1. The normalized spacial score (nSPS) is 14.6. The zero-order valence-electron chi connectivity index (χ0n) is 21.1. The molecule has 0 bridgehead atoms. The molecule has 3 aromatic carbocycles. The fourth-order valence-corrected chi connectivity index (χ4v) is 5.11. The number of nitrogens with zero attached hydrogens (tertiary/aromatic N) is 2. The summed E-state index contributed by atoms with van der Waals surface area (Å²) in [4.78, 5) is 15.4. The van der Waals surface area contributed by atoms with Gasteiger partial charge in [-0.3, -0.25) is 9.89 Å². The Labute approximate surface area is 220 Å². The van der Waals surface area contributed by atoms with Crippen molar-refractivity contribution >= 4 is 5.91 Å². The summed E-state index contributed by atoms with van der Waals surface area (Å²) >= 11 is 0. The highest BCUT2D eigenvalue weighted by atomic mass is 16.5. The summed E-state index contributed by atoms with van der Waals surface area (Å²) in [7, 11) is 0. The van der Waals surface area contributed by atoms with Crippen LogP contribution >= 0.6 is 0 Å². The molecule has 2 aromatic heterocycles. The van der Waals surface area contributed by atoms with E-state index in [0.29, 0.717) is 35.9 Å². The highest BCUT2D eigenvalue weighted by Gasteiger charge is 2.43. The van der Waals surface area contributed by atoms with Crippen molar-refractivity contribution in [3.05, 3.63) is 124 Å². The monoisotopic (exact) mass is 505 g/mol. The number of amides is 1. The molecule has 6 rings (SSSR count). The molecule has 1 aliphatic heterocycles. The summed E-state index contributed by atoms with van der Waals surface area (Å²) in [6.45, 7) is 4.60. The smallest absolute Gasteiger partial charge is 0.273 e. The standard InChI is InChI=1S/C31H27N3O4/c1-19-15-20(2)30(35)25(16-19)27-26-28(33-32-27)31(36)34(17-24-9-6-14-37-24)29(26)22-10-12-23(13-11-22)38-18-21-7-4-3-5-8-21/h3-16,29,35H,17-18H2,1-2H3,(H,32,33). The maximum Gasteiger partial charge on any atom is 0.273 e. The lowest BCUT2D eigenvalue weighted by molar-refractivity contribution is 0.0717. The van der Waals surface area contributed by atoms with Crippen LogP contribution in [0.15, 0.2) is 89.5 Å². The molecule has 5 aromatic rings. The van der Waals surface area contributed by atoms with Crippen molar-refractivity contribution in [3.8, 4) is 22.8 Å². The van der Waals surface area contributed by atoms with E-state index in [4.69, 9.17) is 9.15 Å². The summed E-state index contributed by atoms with van der Waals surface area (Å²) in [5.74, 6) is 1.40. The van der Waals surface area contributed by atoms with Crippen LogP contribution in [0.5, 0.6) is 11.5 Å². The van der Waals surface area contributed by atoms with Gasteiger partial charge < -0.3 is 19.2 Å². The van der Waals surface area contributed by atoms with Crippen LogP contribution in [0.3, 0.4) is 0 Å². The zero-order valence-corrected chi connectivity index (χ0v) is 21.1. The van der Waals surface area contributed by atoms with Gasteiger partial charge >= 0.3 is 0 Å². The Morgan fingerprint density at radius 1 is 1.03 bits per heavy atom. The van der Waals surface area contributed by atoms with Crippen molar-refractivity contribution in [2.75, 3.05) is 0 Å². The summed E-state index contributed by atoms with van der Waals surface area (Å²) in [6.07, 6.45) is 1.60. The van der Waals surface area contributed by atoms with Crippen LogP contribution < -0.4 is 4.74 Å². The molecular weight excluding hydrogens is 478 g/mol. The molecule has 1 atom stereocenters. The van der Waals surface area contributed by atoms with Crippen LogP contribution in [0.1, 0.15) is 50.1 Å². The van der Waals surface area contributed by atoms with Crippen LogP contribution in [0.25, 0.3) is 11.3 Å². The first-order valence-corrected chi connectivity index (χ1v) is 12.5. The predicted molar refractivity (Wildman–Crippen MR) is 143 cm³/mol. The van der Waals surface area contributed by atoms with E-state index in [1.807, 2.05) is 92.7 Å². The summed E-state index contributed by atoms with van der Waals surface area (Å²) < 4.78 is 11.6. The van der Waals surface area contributed by atoms with Crippen LogP contribution in [0.2, 0.25) is 0 Å². The number of hydrogen-bond donors (Lipinski definition) is 2. The third kappa shape index (κ3) is 4.22. The van der Waals surface area contributed by atoms with E-state index in [-0.39, 0.29) is 11.7 Å². The Hall–Kier alpha value is -4.78. The number of aromatic hydroxyl groups is 1. The van der Waals surface area contributed by atoms with Gasteiger partial charge in [0, 0.05) is 11.1 Å². The molecule has 0 aliphatic carbocycles. The van der Waals surface area contributed by atoms with Crippen molar-refractivity contribution in [1.82, 2.24) is 15.1 Å². The molecule has 1 aliphatic rings. The van der Waals surface area contributed by atoms with E-state index in [1.165, 1.54) is 0 Å². The van der Waals surface area contributed by atoms with Gasteiger partial charge in [0.15, 0.2) is 0 Å². The zero-order chi connectivity index (χ0) is 26.2. The minimum absolute atomic E-state index is 0.158. The number of ether oxygens (including phenoxy) is 1. The number of hydrogen-bond acceptors (Lipinski definition) is 5. The van der Waals surface area contributed by atoms with Gasteiger partial charge in [0.05, 0.1) is 18.8 Å². The summed E-state index contributed by atoms with van der Waals surface area (Å²) in [5, 5.41) is 18.4. The number of fused-ring (bicyclic) bond motifs is 1. The second-order valence-electron chi connectivity index (χ2n) is 9.60. The van der Waals surface area contributed by atoms with E-state index >= 15 is 0 Å². The summed E-state index contributed by atoms with van der Waals surface area (Å²) in [6, 6.07) is 24.8. The minimum atomic E-state index is -0.431. The third-order valence-electron chi connectivity index (χ3n) is 6.91. The van der Waals surface area contributed by atoms with Gasteiger partial charge in [0.2, 0.25) is 0 Å². The number of benzene rings is 3. The average molecular weight is 506 g/mol. The molecule has 2 N–H and O–H groups in total. The quantitative estimate of drug-likeness (QED) is 0.270. The first-order chi connectivity index (χ1) is 18.5. The highest BCUT2D eigenvalue weighted by Crippen LogP contribution is 2.46. The number of aromatic nitrogens is 2. The lowest BCUT2D eigenvalue weighted by Gasteiger charge is -2.26. The van der Waals surface area contributed by atoms with E-state index in [0.717, 1.165) is 33.6 Å². The van der Waals surface area contributed by atoms with Gasteiger partial charge in [0.1, 0.15) is 35.3 Å². The van der Waals surface area contributed by atoms with E-state index < -0.39 is 6.04 Å². The molecule has 0 radical (unpaired) electrons. The van der Waals surface area contributed by atoms with Gasteiger partial charge in [-0.05, 0) is 66.4 Å². The van der Waals surface area contributed by atoms with Crippen molar-refractivity contribution in [1.29, 1.82) is 0 Å². The van der Waals surface area contributed by atoms with Crippen molar-refractivity contribution in [2.45, 2.75) is 33.0 Å². The van der Waals surface area contributed by atoms with Crippen LogP contribution in [0, 0.1) is 13.8 Å². The number of phenolic OH excluding ortho intramolecular Hbond substituents is 1. The Kier molecular flexibility index (Phi) is 5.96. The van der Waals surface area contributed by atoms with E-state index in [2.05, 4.69) is 10.2 Å². The van der Waals surface area contributed by atoms with Crippen LogP contribution in [-0.4, -0.2) is 26.1 Å². The molecule has 1 amide bonds. The second kappa shape index (κ2) is 9.59. The molecule has 0 saturated carbocycles. The number of nitrogens with one attached hydrogen (secondary N) is 1. The number of aryl methyl sites for hydroxylation is 2. The van der Waals surface area contributed by atoms with Crippen LogP contribution in [0.4, 0.5) is 0 Å². The Morgan fingerprint density at radius 2 is 1.82 bits per heavy atom. The number of carbonyl (C=O) groups excluding carboxylic acids is 1. The fraction of sp³-hybridized carbons (Fsp3) is 0.161. The van der Waals surface area contributed by atoms with Crippen molar-refractivity contribution < 1.29 is 19.1 Å². The molecule has 7 nitrogen and oxygen atoms in total. The van der Waals surface area contributed by atoms with E-state index in [9.17, 15) is 9.90 Å². The van der Waals surface area contributed by atoms with Gasteiger partial charge in [-0.1, -0.05) is 48.5 Å². The second-order valence-corrected chi connectivity index (χ2v) is 9.60. The minimum Gasteiger partial charge on any atom is -0.507 e. The van der Waals surface area contributed by atoms with Gasteiger partial charge in [-0.15, -0.1) is 0 Å². The number of rotatable bonds is 7. The number of furan rings is 1. The van der Waals surface area contributed by atoms with Crippen molar-refractivity contribution in [3.63, 3.8) is 0 Å². The molecule has 190 valence electrons. The molecule has 1 unspecified atom stereocenters. The van der Waals surface area contributed by atoms with Gasteiger partial charge in [-0.2, -0.15) is 5.10 Å². The topological polar surface area (TPSA) is 91.6 Å². The molecule has 7 heteroatoms. The molecular formula is C31H27N3O4. The Bertz CT molecular complexity index is 1590. The molecule has 0 saturated heterocycles. The fourth-order valence-electron chi connectivity index (χ4n) is 5.11. The summed E-state index contributed by atoms with van der Waals surface area (Å²) in [5.41, 5.74) is 6.06. The van der Waals surface area contributed by atoms with Crippen molar-refractivity contribution in [2.24, 2.45) is 0 Å². The molecule has 3 heterocycles. The Balaban J connectivity index is 1.39. The lowest BCUT2D eigenvalue weighted by Crippen LogP contribution is -2.29. The Morgan fingerprint density at radius 3 is 2.55 bits per heavy atom. The predicted octanol–water partition coefficient (Wildman–Crippen LogP) is 6.32. The molecule has 0 spiro atoms. The third-order valence-corrected chi connectivity index (χ3v) is 6.91. The number of aromatic amines is 1. The first-order valence-electron chi connectivity index (χ1n) is 12.5. The maximum atomic E-state index is 13.6. The van der Waals surface area contributed by atoms with Gasteiger partial charge in [-0.25, -0.2) is 0 Å².